The molecule has 4 rings (SSSR count). The van der Waals surface area contributed by atoms with E-state index in [9.17, 15) is 9.59 Å². The summed E-state index contributed by atoms with van der Waals surface area (Å²) in [4.78, 5) is 33.2. The highest BCUT2D eigenvalue weighted by molar-refractivity contribution is 5.98. The number of amides is 1. The van der Waals surface area contributed by atoms with Gasteiger partial charge in [0.05, 0.1) is 6.61 Å². The predicted octanol–water partition coefficient (Wildman–Crippen LogP) is 4.39. The maximum Gasteiger partial charge on any atom is 0.270 e. The second-order valence-corrected chi connectivity index (χ2v) is 10.5. The topological polar surface area (TPSA) is 90.0 Å². The van der Waals surface area contributed by atoms with Gasteiger partial charge in [0, 0.05) is 43.1 Å². The number of likely N-dealkylation sites (tertiary alicyclic amines) is 1. The average Bonchev–Trinajstić information content (AvgIpc) is 2.92. The zero-order valence-electron chi connectivity index (χ0n) is 22.5. The molecular weight excluding hydrogens is 470 g/mol. The lowest BCUT2D eigenvalue weighted by Crippen LogP contribution is -2.49. The van der Waals surface area contributed by atoms with Gasteiger partial charge in [-0.1, -0.05) is 25.3 Å². The molecule has 2 heterocycles. The molecule has 2 fully saturated rings. The number of benzene rings is 1. The first kappa shape index (κ1) is 27.3. The molecule has 1 saturated heterocycles. The van der Waals surface area contributed by atoms with Crippen molar-refractivity contribution >= 4 is 22.6 Å². The molecule has 202 valence electrons. The molecule has 1 aromatic carbocycles. The van der Waals surface area contributed by atoms with Crippen LogP contribution < -0.4 is 14.8 Å². The number of carbonyl (C=O) groups excluding carboxylic acids is 2. The van der Waals surface area contributed by atoms with Crippen molar-refractivity contribution < 1.29 is 23.8 Å². The third-order valence-electron chi connectivity index (χ3n) is 7.49. The number of nitrogens with zero attached hydrogens (tertiary/aromatic N) is 2. The van der Waals surface area contributed by atoms with Crippen molar-refractivity contribution in [2.45, 2.75) is 70.9 Å². The SMILES string of the molecule is COCCOc1cc(C(=O)N[C@@H]2CCCN(C(C)C)C2)nc2c(OCC(=O)C3CCCCC3)cccc12. The molecule has 1 amide bonds. The number of rotatable bonds is 11. The fourth-order valence-corrected chi connectivity index (χ4v) is 5.32. The predicted molar refractivity (Wildman–Crippen MR) is 143 cm³/mol. The van der Waals surface area contributed by atoms with E-state index in [0.717, 1.165) is 57.0 Å². The molecule has 1 N–H and O–H groups in total. The highest BCUT2D eigenvalue weighted by atomic mass is 16.5. The molecule has 1 aromatic heterocycles. The third-order valence-corrected chi connectivity index (χ3v) is 7.49. The zero-order chi connectivity index (χ0) is 26.2. The number of hydrogen-bond donors (Lipinski definition) is 1. The van der Waals surface area contributed by atoms with E-state index in [4.69, 9.17) is 19.2 Å². The van der Waals surface area contributed by atoms with E-state index < -0.39 is 0 Å². The summed E-state index contributed by atoms with van der Waals surface area (Å²) in [5, 5.41) is 3.91. The van der Waals surface area contributed by atoms with Crippen molar-refractivity contribution in [3.8, 4) is 11.5 Å². The van der Waals surface area contributed by atoms with E-state index in [1.807, 2.05) is 12.1 Å². The molecular formula is C29H41N3O5. The van der Waals surface area contributed by atoms with Crippen molar-refractivity contribution in [3.63, 3.8) is 0 Å². The number of nitrogens with one attached hydrogen (secondary N) is 1. The number of ketones is 1. The number of hydrogen-bond acceptors (Lipinski definition) is 7. The van der Waals surface area contributed by atoms with Crippen molar-refractivity contribution in [1.82, 2.24) is 15.2 Å². The largest absolute Gasteiger partial charge is 0.490 e. The Kier molecular flexibility index (Phi) is 9.75. The summed E-state index contributed by atoms with van der Waals surface area (Å²) in [5.74, 6) is 1.00. The minimum atomic E-state index is -0.234. The minimum Gasteiger partial charge on any atom is -0.490 e. The normalized spacial score (nSPS) is 19.2. The second-order valence-electron chi connectivity index (χ2n) is 10.5. The fourth-order valence-electron chi connectivity index (χ4n) is 5.32. The Bertz CT molecular complexity index is 1070. The summed E-state index contributed by atoms with van der Waals surface area (Å²) in [6.45, 7) is 7.01. The van der Waals surface area contributed by atoms with Crippen LogP contribution in [0.15, 0.2) is 24.3 Å². The number of carbonyl (C=O) groups is 2. The van der Waals surface area contributed by atoms with Gasteiger partial charge in [0.15, 0.2) is 5.78 Å². The lowest BCUT2D eigenvalue weighted by molar-refractivity contribution is -0.125. The van der Waals surface area contributed by atoms with Crippen molar-refractivity contribution in [2.75, 3.05) is 40.0 Å². The molecule has 8 nitrogen and oxygen atoms in total. The van der Waals surface area contributed by atoms with Crippen LogP contribution in [-0.4, -0.2) is 73.7 Å². The maximum absolute atomic E-state index is 13.3. The molecule has 0 unspecified atom stereocenters. The average molecular weight is 512 g/mol. The Morgan fingerprint density at radius 3 is 2.62 bits per heavy atom. The summed E-state index contributed by atoms with van der Waals surface area (Å²) in [6, 6.07) is 7.74. The van der Waals surface area contributed by atoms with Crippen molar-refractivity contribution in [1.29, 1.82) is 0 Å². The maximum atomic E-state index is 13.3. The van der Waals surface area contributed by atoms with E-state index in [2.05, 4.69) is 24.1 Å². The third kappa shape index (κ3) is 7.20. The van der Waals surface area contributed by atoms with Crippen LogP contribution in [0.25, 0.3) is 10.9 Å². The highest BCUT2D eigenvalue weighted by Gasteiger charge is 2.25. The van der Waals surface area contributed by atoms with Crippen LogP contribution in [0, 0.1) is 5.92 Å². The van der Waals surface area contributed by atoms with E-state index in [-0.39, 0.29) is 36.0 Å². The molecule has 37 heavy (non-hydrogen) atoms. The van der Waals surface area contributed by atoms with Crippen LogP contribution in [0.2, 0.25) is 0 Å². The standard InChI is InChI=1S/C29H41N3O5/c1-20(2)32-14-8-11-22(18-32)30-29(34)24-17-27(36-16-15-35-3)23-12-7-13-26(28(23)31-24)37-19-25(33)21-9-5-4-6-10-21/h7,12-13,17,20-22H,4-6,8-11,14-16,18-19H2,1-3H3,(H,30,34)/t22-/m1/s1. The quantitative estimate of drug-likeness (QED) is 0.448. The van der Waals surface area contributed by atoms with Gasteiger partial charge in [-0.25, -0.2) is 4.98 Å². The summed E-state index contributed by atoms with van der Waals surface area (Å²) in [5.41, 5.74) is 0.794. The summed E-state index contributed by atoms with van der Waals surface area (Å²) in [7, 11) is 1.62. The number of para-hydroxylation sites is 1. The van der Waals surface area contributed by atoms with Gasteiger partial charge in [-0.15, -0.1) is 0 Å². The van der Waals surface area contributed by atoms with Crippen molar-refractivity contribution in [2.24, 2.45) is 5.92 Å². The van der Waals surface area contributed by atoms with Crippen LogP contribution in [0.4, 0.5) is 0 Å². The Morgan fingerprint density at radius 2 is 1.86 bits per heavy atom. The molecule has 2 aromatic rings. The van der Waals surface area contributed by atoms with Gasteiger partial charge in [0.2, 0.25) is 0 Å². The lowest BCUT2D eigenvalue weighted by Gasteiger charge is -2.35. The summed E-state index contributed by atoms with van der Waals surface area (Å²) in [6.07, 6.45) is 7.26. The molecule has 2 aliphatic rings. The van der Waals surface area contributed by atoms with E-state index in [0.29, 0.717) is 36.3 Å². The first-order valence-corrected chi connectivity index (χ1v) is 13.7. The van der Waals surface area contributed by atoms with Gasteiger partial charge >= 0.3 is 0 Å². The smallest absolute Gasteiger partial charge is 0.270 e. The Morgan fingerprint density at radius 1 is 1.05 bits per heavy atom. The van der Waals surface area contributed by atoms with E-state index in [1.54, 1.807) is 19.2 Å². The first-order valence-electron chi connectivity index (χ1n) is 13.7. The number of ether oxygens (including phenoxy) is 3. The van der Waals surface area contributed by atoms with Gasteiger partial charge in [-0.05, 0) is 58.2 Å². The van der Waals surface area contributed by atoms with Gasteiger partial charge in [0.1, 0.15) is 35.9 Å². The van der Waals surface area contributed by atoms with Gasteiger partial charge in [-0.3, -0.25) is 14.5 Å². The number of fused-ring (bicyclic) bond motifs is 1. The molecule has 0 radical (unpaired) electrons. The molecule has 1 aliphatic heterocycles. The Hall–Kier alpha value is -2.71. The number of Topliss-reactive ketones (excluding diaryl/α,β-unsaturated/α-hetero) is 1. The fraction of sp³-hybridized carbons (Fsp3) is 0.621. The number of pyridine rings is 1. The second kappa shape index (κ2) is 13.2. The van der Waals surface area contributed by atoms with Crippen molar-refractivity contribution in [3.05, 3.63) is 30.0 Å². The van der Waals surface area contributed by atoms with Crippen LogP contribution >= 0.6 is 0 Å². The first-order chi connectivity index (χ1) is 18.0. The monoisotopic (exact) mass is 511 g/mol. The van der Waals surface area contributed by atoms with Gasteiger partial charge in [-0.2, -0.15) is 0 Å². The number of methoxy groups -OCH3 is 1. The van der Waals surface area contributed by atoms with E-state index >= 15 is 0 Å². The van der Waals surface area contributed by atoms with E-state index in [1.165, 1.54) is 6.42 Å². The summed E-state index contributed by atoms with van der Waals surface area (Å²) >= 11 is 0. The molecule has 1 atom stereocenters. The number of piperidine rings is 1. The molecule has 0 bridgehead atoms. The highest BCUT2D eigenvalue weighted by Crippen LogP contribution is 2.32. The molecule has 0 spiro atoms. The zero-order valence-corrected chi connectivity index (χ0v) is 22.5. The summed E-state index contributed by atoms with van der Waals surface area (Å²) < 4.78 is 17.1. The Labute approximate surface area is 220 Å². The minimum absolute atomic E-state index is 0.00879. The molecule has 1 aliphatic carbocycles. The van der Waals surface area contributed by atoms with Crippen LogP contribution in [0.3, 0.4) is 0 Å². The molecule has 8 heteroatoms. The van der Waals surface area contributed by atoms with Crippen LogP contribution in [0.1, 0.15) is 69.3 Å². The van der Waals surface area contributed by atoms with Crippen LogP contribution in [0.5, 0.6) is 11.5 Å². The lowest BCUT2D eigenvalue weighted by atomic mass is 9.86. The van der Waals surface area contributed by atoms with Crippen LogP contribution in [-0.2, 0) is 9.53 Å². The van der Waals surface area contributed by atoms with Gasteiger partial charge < -0.3 is 19.5 Å². The molecule has 1 saturated carbocycles. The Balaban J connectivity index is 1.56. The van der Waals surface area contributed by atoms with Gasteiger partial charge in [0.25, 0.3) is 5.91 Å². The number of aromatic nitrogens is 1.